The average molecular weight is 336 g/mol. The van der Waals surface area contributed by atoms with Crippen LogP contribution in [0.4, 0.5) is 0 Å². The van der Waals surface area contributed by atoms with Gasteiger partial charge in [-0.1, -0.05) is 20.3 Å². The molecule has 0 amide bonds. The summed E-state index contributed by atoms with van der Waals surface area (Å²) in [5, 5.41) is 7.54. The van der Waals surface area contributed by atoms with Gasteiger partial charge in [0.05, 0.1) is 12.8 Å². The molecule has 3 atom stereocenters. The fourth-order valence-corrected chi connectivity index (χ4v) is 4.37. The van der Waals surface area contributed by atoms with E-state index in [0.717, 1.165) is 28.9 Å². The summed E-state index contributed by atoms with van der Waals surface area (Å²) in [6.45, 7) is 6.54. The molecule has 1 aromatic rings. The highest BCUT2D eigenvalue weighted by atomic mass is 32.1. The number of furan rings is 1. The molecule has 0 aliphatic carbocycles. The molecule has 2 saturated heterocycles. The predicted octanol–water partition coefficient (Wildman–Crippen LogP) is 3.29. The molecule has 2 aliphatic heterocycles. The summed E-state index contributed by atoms with van der Waals surface area (Å²) in [5.41, 5.74) is 0. The maximum Gasteiger partial charge on any atom is 0.166 e. The van der Waals surface area contributed by atoms with Crippen molar-refractivity contribution in [2.75, 3.05) is 6.54 Å². The standard InChI is InChI=1S/C18H29N3OS/c1-13(2)12-21-15-5-3-6-16(21)10-14(9-15)20-18(23)19-11-17-7-4-8-22-17/h4,7-8,13-16H,3,5-6,9-12H2,1-2H3,(H2,19,20,23)/t14?,15-,16+. The van der Waals surface area contributed by atoms with E-state index in [1.165, 1.54) is 38.6 Å². The first-order valence-electron chi connectivity index (χ1n) is 8.94. The molecule has 23 heavy (non-hydrogen) atoms. The summed E-state index contributed by atoms with van der Waals surface area (Å²) in [4.78, 5) is 2.77. The molecular formula is C18H29N3OS. The minimum absolute atomic E-state index is 0.505. The molecule has 2 aliphatic rings. The van der Waals surface area contributed by atoms with E-state index in [9.17, 15) is 0 Å². The van der Waals surface area contributed by atoms with Crippen molar-refractivity contribution in [3.63, 3.8) is 0 Å². The SMILES string of the molecule is CC(C)CN1[C@@H]2CCC[C@H]1CC(NC(=S)NCc1ccco1)C2. The lowest BCUT2D eigenvalue weighted by Gasteiger charge is -2.49. The van der Waals surface area contributed by atoms with Gasteiger partial charge in [0.2, 0.25) is 0 Å². The number of hydrogen-bond donors (Lipinski definition) is 2. The normalized spacial score (nSPS) is 27.9. The van der Waals surface area contributed by atoms with Crippen molar-refractivity contribution in [2.45, 2.75) is 70.6 Å². The van der Waals surface area contributed by atoms with Gasteiger partial charge in [-0.05, 0) is 56.0 Å². The second-order valence-electron chi connectivity index (χ2n) is 7.40. The second kappa shape index (κ2) is 7.67. The summed E-state index contributed by atoms with van der Waals surface area (Å²) >= 11 is 5.46. The number of fused-ring (bicyclic) bond motifs is 2. The third kappa shape index (κ3) is 4.48. The maximum absolute atomic E-state index is 5.46. The maximum atomic E-state index is 5.46. The molecule has 128 valence electrons. The number of nitrogens with zero attached hydrogens (tertiary/aromatic N) is 1. The molecular weight excluding hydrogens is 306 g/mol. The molecule has 2 bridgehead atoms. The largest absolute Gasteiger partial charge is 0.467 e. The van der Waals surface area contributed by atoms with Gasteiger partial charge in [-0.15, -0.1) is 0 Å². The number of rotatable bonds is 5. The zero-order chi connectivity index (χ0) is 16.2. The molecule has 2 fully saturated rings. The van der Waals surface area contributed by atoms with Crippen molar-refractivity contribution in [3.05, 3.63) is 24.2 Å². The number of hydrogen-bond acceptors (Lipinski definition) is 3. The van der Waals surface area contributed by atoms with Crippen molar-refractivity contribution in [2.24, 2.45) is 5.92 Å². The Hall–Kier alpha value is -1.07. The summed E-state index contributed by atoms with van der Waals surface area (Å²) in [5.74, 6) is 1.66. The van der Waals surface area contributed by atoms with Gasteiger partial charge in [0.1, 0.15) is 5.76 Å². The smallest absolute Gasteiger partial charge is 0.166 e. The van der Waals surface area contributed by atoms with E-state index in [4.69, 9.17) is 16.6 Å². The molecule has 4 nitrogen and oxygen atoms in total. The van der Waals surface area contributed by atoms with Crippen molar-refractivity contribution in [1.82, 2.24) is 15.5 Å². The molecule has 0 spiro atoms. The van der Waals surface area contributed by atoms with E-state index in [-0.39, 0.29) is 0 Å². The first-order chi connectivity index (χ1) is 11.1. The van der Waals surface area contributed by atoms with Crippen LogP contribution in [0.5, 0.6) is 0 Å². The summed E-state index contributed by atoms with van der Waals surface area (Å²) in [6, 6.07) is 5.83. The Balaban J connectivity index is 1.49. The predicted molar refractivity (Wildman–Crippen MR) is 97.3 cm³/mol. The van der Waals surface area contributed by atoms with Crippen LogP contribution in [-0.4, -0.2) is 34.7 Å². The Morgan fingerprint density at radius 3 is 2.70 bits per heavy atom. The summed E-state index contributed by atoms with van der Waals surface area (Å²) in [7, 11) is 0. The Morgan fingerprint density at radius 1 is 1.35 bits per heavy atom. The molecule has 3 heterocycles. The highest BCUT2D eigenvalue weighted by molar-refractivity contribution is 7.80. The van der Waals surface area contributed by atoms with E-state index in [0.29, 0.717) is 12.6 Å². The Kier molecular flexibility index (Phi) is 5.59. The van der Waals surface area contributed by atoms with Crippen LogP contribution in [0.25, 0.3) is 0 Å². The van der Waals surface area contributed by atoms with Gasteiger partial charge in [-0.2, -0.15) is 0 Å². The van der Waals surface area contributed by atoms with Gasteiger partial charge in [0.15, 0.2) is 5.11 Å². The summed E-state index contributed by atoms with van der Waals surface area (Å²) < 4.78 is 5.33. The van der Waals surface area contributed by atoms with Crippen LogP contribution in [0.15, 0.2) is 22.8 Å². The molecule has 1 unspecified atom stereocenters. The third-order valence-corrected chi connectivity index (χ3v) is 5.30. The lowest BCUT2D eigenvalue weighted by atomic mass is 9.81. The number of thiocarbonyl (C=S) groups is 1. The first-order valence-corrected chi connectivity index (χ1v) is 9.35. The monoisotopic (exact) mass is 335 g/mol. The van der Waals surface area contributed by atoms with Crippen LogP contribution in [0, 0.1) is 5.92 Å². The van der Waals surface area contributed by atoms with Crippen LogP contribution >= 0.6 is 12.2 Å². The molecule has 1 aromatic heterocycles. The van der Waals surface area contributed by atoms with Crippen molar-refractivity contribution >= 4 is 17.3 Å². The minimum Gasteiger partial charge on any atom is -0.467 e. The number of nitrogens with one attached hydrogen (secondary N) is 2. The third-order valence-electron chi connectivity index (χ3n) is 5.04. The van der Waals surface area contributed by atoms with Gasteiger partial charge in [0.25, 0.3) is 0 Å². The fraction of sp³-hybridized carbons (Fsp3) is 0.722. The van der Waals surface area contributed by atoms with Crippen LogP contribution < -0.4 is 10.6 Å². The summed E-state index contributed by atoms with van der Waals surface area (Å²) in [6.07, 6.45) is 8.19. The quantitative estimate of drug-likeness (QED) is 0.808. The Labute approximate surface area is 145 Å². The zero-order valence-corrected chi connectivity index (χ0v) is 15.1. The lowest BCUT2D eigenvalue weighted by Crippen LogP contribution is -2.58. The topological polar surface area (TPSA) is 40.4 Å². The van der Waals surface area contributed by atoms with Crippen LogP contribution in [0.1, 0.15) is 51.7 Å². The lowest BCUT2D eigenvalue weighted by molar-refractivity contribution is 0.0190. The Bertz CT molecular complexity index is 488. The molecule has 5 heteroatoms. The molecule has 0 aromatic carbocycles. The van der Waals surface area contributed by atoms with E-state index in [2.05, 4.69) is 29.4 Å². The van der Waals surface area contributed by atoms with Crippen LogP contribution in [-0.2, 0) is 6.54 Å². The van der Waals surface area contributed by atoms with Gasteiger partial charge >= 0.3 is 0 Å². The van der Waals surface area contributed by atoms with E-state index >= 15 is 0 Å². The molecule has 0 radical (unpaired) electrons. The molecule has 0 saturated carbocycles. The number of piperidine rings is 2. The van der Waals surface area contributed by atoms with E-state index in [1.807, 2.05) is 12.1 Å². The second-order valence-corrected chi connectivity index (χ2v) is 7.81. The highest BCUT2D eigenvalue weighted by Crippen LogP contribution is 2.34. The first kappa shape index (κ1) is 16.8. The average Bonchev–Trinajstić information content (AvgIpc) is 2.99. The van der Waals surface area contributed by atoms with Gasteiger partial charge in [-0.25, -0.2) is 0 Å². The molecule has 3 rings (SSSR count). The minimum atomic E-state index is 0.505. The molecule has 2 N–H and O–H groups in total. The Morgan fingerprint density at radius 2 is 2.09 bits per heavy atom. The van der Waals surface area contributed by atoms with Crippen LogP contribution in [0.2, 0.25) is 0 Å². The van der Waals surface area contributed by atoms with E-state index in [1.54, 1.807) is 6.26 Å². The van der Waals surface area contributed by atoms with Gasteiger partial charge < -0.3 is 15.1 Å². The highest BCUT2D eigenvalue weighted by Gasteiger charge is 2.38. The van der Waals surface area contributed by atoms with Crippen molar-refractivity contribution in [3.8, 4) is 0 Å². The van der Waals surface area contributed by atoms with Crippen molar-refractivity contribution in [1.29, 1.82) is 0 Å². The van der Waals surface area contributed by atoms with Crippen molar-refractivity contribution < 1.29 is 4.42 Å². The zero-order valence-electron chi connectivity index (χ0n) is 14.3. The van der Waals surface area contributed by atoms with E-state index < -0.39 is 0 Å². The van der Waals surface area contributed by atoms with Crippen LogP contribution in [0.3, 0.4) is 0 Å². The van der Waals surface area contributed by atoms with Gasteiger partial charge in [-0.3, -0.25) is 4.90 Å². The fourth-order valence-electron chi connectivity index (χ4n) is 4.13. The van der Waals surface area contributed by atoms with Gasteiger partial charge in [0, 0.05) is 24.7 Å².